The van der Waals surface area contributed by atoms with Gasteiger partial charge in [-0.15, -0.1) is 0 Å². The highest BCUT2D eigenvalue weighted by Crippen LogP contribution is 2.26. The Morgan fingerprint density at radius 1 is 1.03 bits per heavy atom. The molecule has 2 aromatic rings. The second kappa shape index (κ2) is 10.4. The molecule has 0 saturated carbocycles. The number of sulfonamides is 1. The fraction of sp³-hybridized carbons (Fsp3) is 0.520. The van der Waals surface area contributed by atoms with Crippen molar-refractivity contribution in [3.8, 4) is 0 Å². The van der Waals surface area contributed by atoms with Crippen LogP contribution < -0.4 is 10.2 Å². The number of nitrogens with one attached hydrogen (secondary N) is 1. The van der Waals surface area contributed by atoms with Gasteiger partial charge in [0.2, 0.25) is 10.0 Å². The summed E-state index contributed by atoms with van der Waals surface area (Å²) in [7, 11) is -3.61. The molecule has 1 aromatic carbocycles. The number of morpholine rings is 1. The number of hydrogen-bond acceptors (Lipinski definition) is 6. The SMILES string of the molecule is Cc1ccc(NC(=O)c2ccc(N3CC(C)OC(C)C3)nc2)cc1S(=O)(=O)N1CCCCCC1. The second-order valence-corrected chi connectivity index (χ2v) is 11.2. The molecule has 4 rings (SSSR count). The predicted octanol–water partition coefficient (Wildman–Crippen LogP) is 3.82. The second-order valence-electron chi connectivity index (χ2n) is 9.32. The molecule has 2 aliphatic heterocycles. The van der Waals surface area contributed by atoms with Gasteiger partial charge in [0.25, 0.3) is 5.91 Å². The van der Waals surface area contributed by atoms with E-state index in [4.69, 9.17) is 4.74 Å². The molecule has 1 N–H and O–H groups in total. The lowest BCUT2D eigenvalue weighted by atomic mass is 10.2. The summed E-state index contributed by atoms with van der Waals surface area (Å²) in [5, 5.41) is 2.83. The molecule has 184 valence electrons. The zero-order valence-electron chi connectivity index (χ0n) is 20.2. The quantitative estimate of drug-likeness (QED) is 0.691. The maximum atomic E-state index is 13.3. The third-order valence-corrected chi connectivity index (χ3v) is 8.42. The van der Waals surface area contributed by atoms with Crippen molar-refractivity contribution >= 4 is 27.4 Å². The zero-order chi connectivity index (χ0) is 24.3. The summed E-state index contributed by atoms with van der Waals surface area (Å²) in [5.74, 6) is 0.476. The molecule has 2 atom stereocenters. The van der Waals surface area contributed by atoms with Gasteiger partial charge in [-0.1, -0.05) is 18.9 Å². The monoisotopic (exact) mass is 486 g/mol. The van der Waals surface area contributed by atoms with E-state index in [2.05, 4.69) is 15.2 Å². The molecular weight excluding hydrogens is 452 g/mol. The Kier molecular flexibility index (Phi) is 7.54. The molecule has 2 saturated heterocycles. The van der Waals surface area contributed by atoms with Crippen molar-refractivity contribution in [3.05, 3.63) is 47.7 Å². The van der Waals surface area contributed by atoms with Gasteiger partial charge in [0.05, 0.1) is 22.7 Å². The van der Waals surface area contributed by atoms with Crippen molar-refractivity contribution in [3.63, 3.8) is 0 Å². The smallest absolute Gasteiger partial charge is 0.257 e. The van der Waals surface area contributed by atoms with Crippen molar-refractivity contribution in [1.82, 2.24) is 9.29 Å². The lowest BCUT2D eigenvalue weighted by molar-refractivity contribution is -0.00546. The first-order valence-electron chi connectivity index (χ1n) is 12.0. The molecule has 2 unspecified atom stereocenters. The maximum absolute atomic E-state index is 13.3. The highest BCUT2D eigenvalue weighted by Gasteiger charge is 2.27. The summed E-state index contributed by atoms with van der Waals surface area (Å²) in [6.45, 7) is 8.43. The molecule has 1 aromatic heterocycles. The molecule has 0 spiro atoms. The molecule has 8 nitrogen and oxygen atoms in total. The maximum Gasteiger partial charge on any atom is 0.257 e. The number of ether oxygens (including phenoxy) is 1. The average molecular weight is 487 g/mol. The van der Waals surface area contributed by atoms with E-state index in [-0.39, 0.29) is 23.0 Å². The van der Waals surface area contributed by atoms with E-state index < -0.39 is 10.0 Å². The number of amides is 1. The fourth-order valence-corrected chi connectivity index (χ4v) is 6.42. The lowest BCUT2D eigenvalue weighted by Crippen LogP contribution is -2.45. The normalized spacial score (nSPS) is 22.3. The summed E-state index contributed by atoms with van der Waals surface area (Å²) in [5.41, 5.74) is 1.53. The average Bonchev–Trinajstić information content (AvgIpc) is 3.10. The third kappa shape index (κ3) is 5.59. The van der Waals surface area contributed by atoms with Gasteiger partial charge >= 0.3 is 0 Å². The summed E-state index contributed by atoms with van der Waals surface area (Å²) < 4.78 is 33.9. The standard InChI is InChI=1S/C25H34N4O4S/c1-18-8-10-22(14-23(18)34(31,32)29-12-6-4-5-7-13-29)27-25(30)21-9-11-24(26-15-21)28-16-19(2)33-20(3)17-28/h8-11,14-15,19-20H,4-7,12-13,16-17H2,1-3H3,(H,27,30). The Balaban J connectivity index is 1.48. The summed E-state index contributed by atoms with van der Waals surface area (Å²) in [6.07, 6.45) is 5.65. The van der Waals surface area contributed by atoms with E-state index in [1.807, 2.05) is 19.9 Å². The largest absolute Gasteiger partial charge is 0.372 e. The summed E-state index contributed by atoms with van der Waals surface area (Å²) in [4.78, 5) is 19.7. The highest BCUT2D eigenvalue weighted by molar-refractivity contribution is 7.89. The third-order valence-electron chi connectivity index (χ3n) is 6.38. The first kappa shape index (κ1) is 24.6. The van der Waals surface area contributed by atoms with Crippen LogP contribution in [0.5, 0.6) is 0 Å². The molecule has 34 heavy (non-hydrogen) atoms. The van der Waals surface area contributed by atoms with Crippen LogP contribution in [0.4, 0.5) is 11.5 Å². The molecule has 3 heterocycles. The van der Waals surface area contributed by atoms with Gasteiger partial charge in [-0.3, -0.25) is 4.79 Å². The molecule has 0 bridgehead atoms. The van der Waals surface area contributed by atoms with Crippen LogP contribution >= 0.6 is 0 Å². The first-order chi connectivity index (χ1) is 16.2. The van der Waals surface area contributed by atoms with Crippen LogP contribution in [-0.4, -0.2) is 62.0 Å². The van der Waals surface area contributed by atoms with E-state index in [0.717, 1.165) is 44.6 Å². The first-order valence-corrected chi connectivity index (χ1v) is 13.5. The minimum absolute atomic E-state index is 0.120. The van der Waals surface area contributed by atoms with Crippen LogP contribution in [0, 0.1) is 6.92 Å². The van der Waals surface area contributed by atoms with E-state index in [1.54, 1.807) is 41.7 Å². The highest BCUT2D eigenvalue weighted by atomic mass is 32.2. The number of carbonyl (C=O) groups excluding carboxylic acids is 1. The van der Waals surface area contributed by atoms with Gasteiger partial charge in [-0.2, -0.15) is 4.31 Å². The van der Waals surface area contributed by atoms with Gasteiger partial charge in [-0.05, 0) is 63.4 Å². The molecule has 0 aliphatic carbocycles. The van der Waals surface area contributed by atoms with Crippen LogP contribution in [0.25, 0.3) is 0 Å². The Morgan fingerprint density at radius 3 is 2.32 bits per heavy atom. The lowest BCUT2D eigenvalue weighted by Gasteiger charge is -2.36. The van der Waals surface area contributed by atoms with Crippen molar-refractivity contribution in [2.75, 3.05) is 36.4 Å². The number of benzene rings is 1. The van der Waals surface area contributed by atoms with Gasteiger partial charge in [0, 0.05) is 38.1 Å². The number of rotatable bonds is 5. The number of carbonyl (C=O) groups is 1. The molecular formula is C25H34N4O4S. The number of aromatic nitrogens is 1. The van der Waals surface area contributed by atoms with Crippen molar-refractivity contribution in [1.29, 1.82) is 0 Å². The van der Waals surface area contributed by atoms with Gasteiger partial charge in [0.15, 0.2) is 0 Å². The molecule has 1 amide bonds. The van der Waals surface area contributed by atoms with E-state index in [9.17, 15) is 13.2 Å². The van der Waals surface area contributed by atoms with Gasteiger partial charge < -0.3 is 15.0 Å². The number of nitrogens with zero attached hydrogens (tertiary/aromatic N) is 3. The van der Waals surface area contributed by atoms with E-state index >= 15 is 0 Å². The van der Waals surface area contributed by atoms with Gasteiger partial charge in [-0.25, -0.2) is 13.4 Å². The number of hydrogen-bond donors (Lipinski definition) is 1. The zero-order valence-corrected chi connectivity index (χ0v) is 21.0. The van der Waals surface area contributed by atoms with E-state index in [0.29, 0.717) is 29.9 Å². The minimum Gasteiger partial charge on any atom is -0.372 e. The van der Waals surface area contributed by atoms with Crippen LogP contribution in [0.1, 0.15) is 55.5 Å². The molecule has 0 radical (unpaired) electrons. The Hall–Kier alpha value is -2.49. The topological polar surface area (TPSA) is 91.8 Å². The van der Waals surface area contributed by atoms with Crippen LogP contribution in [-0.2, 0) is 14.8 Å². The number of pyridine rings is 1. The Labute approximate surface area is 202 Å². The number of anilines is 2. The summed E-state index contributed by atoms with van der Waals surface area (Å²) in [6, 6.07) is 8.61. The van der Waals surface area contributed by atoms with Gasteiger partial charge in [0.1, 0.15) is 5.82 Å². The predicted molar refractivity (Wildman–Crippen MR) is 133 cm³/mol. The van der Waals surface area contributed by atoms with Crippen LogP contribution in [0.3, 0.4) is 0 Å². The summed E-state index contributed by atoms with van der Waals surface area (Å²) >= 11 is 0. The van der Waals surface area contributed by atoms with Crippen molar-refractivity contribution < 1.29 is 17.9 Å². The van der Waals surface area contributed by atoms with Crippen molar-refractivity contribution in [2.45, 2.75) is 63.6 Å². The minimum atomic E-state index is -3.61. The van der Waals surface area contributed by atoms with Crippen LogP contribution in [0.15, 0.2) is 41.4 Å². The molecule has 2 fully saturated rings. The molecule has 2 aliphatic rings. The fourth-order valence-electron chi connectivity index (χ4n) is 4.65. The number of aryl methyl sites for hydroxylation is 1. The van der Waals surface area contributed by atoms with Crippen LogP contribution in [0.2, 0.25) is 0 Å². The Morgan fingerprint density at radius 2 is 1.71 bits per heavy atom. The van der Waals surface area contributed by atoms with Crippen molar-refractivity contribution in [2.24, 2.45) is 0 Å². The molecule has 9 heteroatoms. The van der Waals surface area contributed by atoms with E-state index in [1.165, 1.54) is 0 Å². The Bertz CT molecular complexity index is 1100.